The lowest BCUT2D eigenvalue weighted by Crippen LogP contribution is -2.05. The molecule has 0 saturated heterocycles. The van der Waals surface area contributed by atoms with Gasteiger partial charge in [-0.2, -0.15) is 18.2 Å². The van der Waals surface area contributed by atoms with Crippen molar-refractivity contribution in [2.75, 3.05) is 11.1 Å². The Morgan fingerprint density at radius 2 is 1.94 bits per heavy atom. The van der Waals surface area contributed by atoms with E-state index < -0.39 is 11.7 Å². The minimum absolute atomic E-state index is 0.0679. The molecule has 0 unspecified atom stereocenters. The van der Waals surface area contributed by atoms with Gasteiger partial charge in [-0.25, -0.2) is 14.5 Å². The molecule has 0 amide bonds. The summed E-state index contributed by atoms with van der Waals surface area (Å²) in [7, 11) is 1.89. The minimum atomic E-state index is -4.47. The summed E-state index contributed by atoms with van der Waals surface area (Å²) in [6.07, 6.45) is 0.613. The molecule has 0 aliphatic rings. The first-order valence-electron chi connectivity index (χ1n) is 10.1. The van der Waals surface area contributed by atoms with E-state index in [9.17, 15) is 13.2 Å². The van der Waals surface area contributed by atoms with E-state index in [-0.39, 0.29) is 23.1 Å². The van der Waals surface area contributed by atoms with Crippen molar-refractivity contribution in [3.05, 3.63) is 71.6 Å². The van der Waals surface area contributed by atoms with Crippen LogP contribution in [0.4, 0.5) is 30.6 Å². The Morgan fingerprint density at radius 1 is 1.11 bits per heavy atom. The molecule has 0 radical (unpaired) electrons. The summed E-state index contributed by atoms with van der Waals surface area (Å²) in [5.41, 5.74) is 6.88. The van der Waals surface area contributed by atoms with Crippen LogP contribution in [0.25, 0.3) is 16.9 Å². The van der Waals surface area contributed by atoms with Gasteiger partial charge in [0.05, 0.1) is 22.5 Å². The lowest BCUT2D eigenvalue weighted by molar-refractivity contribution is -0.137. The highest BCUT2D eigenvalue weighted by atomic mass is 35.5. The number of rotatable bonds is 5. The number of anilines is 3. The van der Waals surface area contributed by atoms with E-state index in [0.717, 1.165) is 22.2 Å². The third kappa shape index (κ3) is 4.62. The predicted molar refractivity (Wildman–Crippen MR) is 128 cm³/mol. The van der Waals surface area contributed by atoms with Gasteiger partial charge in [0.1, 0.15) is 0 Å². The summed E-state index contributed by atoms with van der Waals surface area (Å²) >= 11 is 7.97. The molecule has 0 spiro atoms. The minimum Gasteiger partial charge on any atom is -0.381 e. The fourth-order valence-corrected chi connectivity index (χ4v) is 4.44. The number of hydrogen-bond donors (Lipinski definition) is 2. The molecule has 5 aromatic rings. The van der Waals surface area contributed by atoms with Crippen LogP contribution in [-0.4, -0.2) is 29.1 Å². The first kappa shape index (κ1) is 23.0. The second-order valence-electron chi connectivity index (χ2n) is 7.47. The fourth-order valence-electron chi connectivity index (χ4n) is 3.33. The lowest BCUT2D eigenvalue weighted by atomic mass is 10.1. The van der Waals surface area contributed by atoms with Gasteiger partial charge in [-0.05, 0) is 30.3 Å². The van der Waals surface area contributed by atoms with Crippen LogP contribution in [0.2, 0.25) is 5.02 Å². The van der Waals surface area contributed by atoms with Crippen LogP contribution in [0.5, 0.6) is 0 Å². The molecule has 0 aliphatic heterocycles. The number of nitrogens with zero attached hydrogens (tertiary/aromatic N) is 6. The van der Waals surface area contributed by atoms with Crippen molar-refractivity contribution in [2.24, 2.45) is 7.05 Å². The molecule has 3 heterocycles. The van der Waals surface area contributed by atoms with Gasteiger partial charge >= 0.3 is 6.18 Å². The van der Waals surface area contributed by atoms with Crippen LogP contribution in [0.3, 0.4) is 0 Å². The molecule has 0 aliphatic carbocycles. The smallest absolute Gasteiger partial charge is 0.381 e. The molecule has 35 heavy (non-hydrogen) atoms. The molecular formula is C22H16ClF3N8S. The van der Waals surface area contributed by atoms with E-state index in [2.05, 4.69) is 25.4 Å². The zero-order valence-electron chi connectivity index (χ0n) is 18.0. The second-order valence-corrected chi connectivity index (χ2v) is 8.89. The lowest BCUT2D eigenvalue weighted by Gasteiger charge is -2.09. The number of aryl methyl sites for hydroxylation is 1. The quantitative estimate of drug-likeness (QED) is 0.310. The third-order valence-corrected chi connectivity index (χ3v) is 6.62. The molecule has 8 nitrogen and oxygen atoms in total. The molecule has 0 bridgehead atoms. The molecule has 178 valence electrons. The maximum atomic E-state index is 13.0. The van der Waals surface area contributed by atoms with E-state index in [0.29, 0.717) is 16.3 Å². The summed E-state index contributed by atoms with van der Waals surface area (Å²) in [6.45, 7) is 0. The van der Waals surface area contributed by atoms with Gasteiger partial charge in [-0.1, -0.05) is 35.5 Å². The van der Waals surface area contributed by atoms with E-state index in [1.54, 1.807) is 12.3 Å². The van der Waals surface area contributed by atoms with Crippen molar-refractivity contribution in [3.63, 3.8) is 0 Å². The number of nitrogens with two attached hydrogens (primary N) is 1. The summed E-state index contributed by atoms with van der Waals surface area (Å²) in [5.74, 6) is 0.185. The van der Waals surface area contributed by atoms with Crippen molar-refractivity contribution in [2.45, 2.75) is 16.2 Å². The summed E-state index contributed by atoms with van der Waals surface area (Å²) in [6, 6.07) is 10.2. The number of hydrogen-bond acceptors (Lipinski definition) is 7. The average Bonchev–Trinajstić information content (AvgIpc) is 3.41. The van der Waals surface area contributed by atoms with Crippen molar-refractivity contribution >= 4 is 46.5 Å². The molecule has 0 saturated carbocycles. The van der Waals surface area contributed by atoms with E-state index in [4.69, 9.17) is 17.3 Å². The number of aromatic nitrogens is 6. The Balaban J connectivity index is 1.49. The van der Waals surface area contributed by atoms with E-state index in [1.807, 2.05) is 29.9 Å². The van der Waals surface area contributed by atoms with Crippen molar-refractivity contribution in [1.82, 2.24) is 29.1 Å². The molecule has 3 aromatic heterocycles. The highest BCUT2D eigenvalue weighted by Crippen LogP contribution is 2.35. The number of alkyl halides is 3. The Labute approximate surface area is 206 Å². The molecule has 0 atom stereocenters. The Morgan fingerprint density at radius 3 is 2.66 bits per heavy atom. The zero-order valence-corrected chi connectivity index (χ0v) is 19.5. The molecule has 5 rings (SSSR count). The van der Waals surface area contributed by atoms with Crippen LogP contribution < -0.4 is 11.1 Å². The first-order valence-corrected chi connectivity index (χ1v) is 11.3. The molecule has 3 N–H and O–H groups in total. The van der Waals surface area contributed by atoms with Crippen LogP contribution in [0.1, 0.15) is 5.56 Å². The second kappa shape index (κ2) is 8.78. The maximum Gasteiger partial charge on any atom is 0.416 e. The number of nitrogens with one attached hydrogen (secondary N) is 1. The van der Waals surface area contributed by atoms with Gasteiger partial charge in [0.2, 0.25) is 11.6 Å². The Bertz CT molecular complexity index is 1550. The number of nitrogen functional groups attached to an aromatic ring is 1. The van der Waals surface area contributed by atoms with Gasteiger partial charge in [-0.3, -0.25) is 0 Å². The van der Waals surface area contributed by atoms with Gasteiger partial charge in [0.25, 0.3) is 0 Å². The van der Waals surface area contributed by atoms with Gasteiger partial charge in [0.15, 0.2) is 11.0 Å². The number of halogens is 4. The largest absolute Gasteiger partial charge is 0.416 e. The van der Waals surface area contributed by atoms with Crippen molar-refractivity contribution < 1.29 is 13.2 Å². The SMILES string of the molecule is Cn1ccnc1Sc1ccc(-c2cnc(N)c3nc(Nc4cccc(C(F)(F)F)c4)nn23)cc1Cl. The Hall–Kier alpha value is -3.77. The number of benzene rings is 2. The first-order chi connectivity index (χ1) is 16.7. The summed E-state index contributed by atoms with van der Waals surface area (Å²) in [5, 5.41) is 8.48. The molecule has 13 heteroatoms. The normalized spacial score (nSPS) is 11.8. The van der Waals surface area contributed by atoms with Crippen LogP contribution in [-0.2, 0) is 13.2 Å². The van der Waals surface area contributed by atoms with Crippen LogP contribution in [0, 0.1) is 0 Å². The average molecular weight is 517 g/mol. The van der Waals surface area contributed by atoms with Gasteiger partial charge in [-0.15, -0.1) is 5.10 Å². The van der Waals surface area contributed by atoms with Crippen LogP contribution in [0.15, 0.2) is 71.1 Å². The van der Waals surface area contributed by atoms with E-state index in [1.165, 1.54) is 34.6 Å². The van der Waals surface area contributed by atoms with Crippen molar-refractivity contribution in [1.29, 1.82) is 0 Å². The standard InChI is InChI=1S/C22H16ClF3N8S/c1-33-8-7-28-21(33)35-17-6-5-12(9-15(17)23)16-11-29-18(27)19-31-20(32-34(16)19)30-14-4-2-3-13(10-14)22(24,25)26/h2-11H,1H3,(H2,27,29)(H,30,32). The maximum absolute atomic E-state index is 13.0. The number of imidazole rings is 1. The Kier molecular flexibility index (Phi) is 5.77. The monoisotopic (exact) mass is 516 g/mol. The fraction of sp³-hybridized carbons (Fsp3) is 0.0909. The number of fused-ring (bicyclic) bond motifs is 1. The van der Waals surface area contributed by atoms with Gasteiger partial charge < -0.3 is 15.6 Å². The van der Waals surface area contributed by atoms with Crippen molar-refractivity contribution in [3.8, 4) is 11.3 Å². The molecular weight excluding hydrogens is 501 g/mol. The van der Waals surface area contributed by atoms with Gasteiger partial charge in [0, 0.05) is 35.6 Å². The summed E-state index contributed by atoms with van der Waals surface area (Å²) in [4.78, 5) is 13.6. The predicted octanol–water partition coefficient (Wildman–Crippen LogP) is 5.67. The topological polar surface area (TPSA) is 99.0 Å². The third-order valence-electron chi connectivity index (χ3n) is 5.04. The molecule has 0 fully saturated rings. The van der Waals surface area contributed by atoms with Crippen LogP contribution >= 0.6 is 23.4 Å². The highest BCUT2D eigenvalue weighted by Gasteiger charge is 2.30. The molecule has 2 aromatic carbocycles. The van der Waals surface area contributed by atoms with E-state index >= 15 is 0 Å². The summed E-state index contributed by atoms with van der Waals surface area (Å²) < 4.78 is 42.5. The highest BCUT2D eigenvalue weighted by molar-refractivity contribution is 7.99. The zero-order chi connectivity index (χ0) is 24.7.